The van der Waals surface area contributed by atoms with E-state index in [1.807, 2.05) is 34.9 Å². The van der Waals surface area contributed by atoms with Crippen LogP contribution in [-0.2, 0) is 0 Å². The molecule has 2 heterocycles. The molecule has 4 heteroatoms. The first-order chi connectivity index (χ1) is 8.38. The zero-order valence-electron chi connectivity index (χ0n) is 8.91. The Kier molecular flexibility index (Phi) is 2.09. The monoisotopic (exact) mass is 220 g/mol. The van der Waals surface area contributed by atoms with Gasteiger partial charge in [-0.2, -0.15) is 5.26 Å². The summed E-state index contributed by atoms with van der Waals surface area (Å²) in [6.07, 6.45) is 3.28. The standard InChI is InChI=1S/C13H8N4/c14-7-10-6-12-13(15-8-10)17(9-16-12)11-4-2-1-3-5-11/h1-6,8-9H. The first-order valence-electron chi connectivity index (χ1n) is 5.17. The molecule has 0 radical (unpaired) electrons. The second-order valence-electron chi connectivity index (χ2n) is 3.63. The van der Waals surface area contributed by atoms with Gasteiger partial charge in [0.2, 0.25) is 0 Å². The minimum absolute atomic E-state index is 0.524. The molecule has 80 valence electrons. The molecule has 2 aromatic heterocycles. The summed E-state index contributed by atoms with van der Waals surface area (Å²) in [6, 6.07) is 13.7. The summed E-state index contributed by atoms with van der Waals surface area (Å²) >= 11 is 0. The third-order valence-corrected chi connectivity index (χ3v) is 2.55. The van der Waals surface area contributed by atoms with Crippen LogP contribution in [-0.4, -0.2) is 14.5 Å². The van der Waals surface area contributed by atoms with Crippen LogP contribution in [0.1, 0.15) is 5.56 Å². The van der Waals surface area contributed by atoms with Gasteiger partial charge in [0.25, 0.3) is 0 Å². The maximum absolute atomic E-state index is 8.80. The van der Waals surface area contributed by atoms with E-state index in [1.165, 1.54) is 0 Å². The fourth-order valence-electron chi connectivity index (χ4n) is 1.74. The molecule has 0 atom stereocenters. The number of imidazole rings is 1. The number of para-hydroxylation sites is 1. The topological polar surface area (TPSA) is 54.5 Å². The van der Waals surface area contributed by atoms with E-state index in [-0.39, 0.29) is 0 Å². The van der Waals surface area contributed by atoms with Crippen LogP contribution in [0.15, 0.2) is 48.9 Å². The summed E-state index contributed by atoms with van der Waals surface area (Å²) in [4.78, 5) is 8.52. The molecule has 0 aliphatic rings. The van der Waals surface area contributed by atoms with Gasteiger partial charge >= 0.3 is 0 Å². The summed E-state index contributed by atoms with van der Waals surface area (Å²) in [5.41, 5.74) is 3.02. The summed E-state index contributed by atoms with van der Waals surface area (Å²) in [5, 5.41) is 8.80. The van der Waals surface area contributed by atoms with Crippen LogP contribution in [0.25, 0.3) is 16.9 Å². The van der Waals surface area contributed by atoms with Gasteiger partial charge in [0.15, 0.2) is 5.65 Å². The van der Waals surface area contributed by atoms with Crippen molar-refractivity contribution in [3.63, 3.8) is 0 Å². The van der Waals surface area contributed by atoms with Crippen LogP contribution in [0.4, 0.5) is 0 Å². The Hall–Kier alpha value is -2.67. The zero-order valence-corrected chi connectivity index (χ0v) is 8.91. The summed E-state index contributed by atoms with van der Waals surface area (Å²) in [5.74, 6) is 0. The molecule has 0 N–H and O–H groups in total. The largest absolute Gasteiger partial charge is 0.283 e. The first kappa shape index (κ1) is 9.55. The van der Waals surface area contributed by atoms with Crippen molar-refractivity contribution in [2.75, 3.05) is 0 Å². The minimum Gasteiger partial charge on any atom is -0.283 e. The van der Waals surface area contributed by atoms with E-state index in [2.05, 4.69) is 16.0 Å². The molecule has 3 aromatic rings. The Labute approximate surface area is 97.8 Å². The molecule has 0 fully saturated rings. The minimum atomic E-state index is 0.524. The normalized spacial score (nSPS) is 10.3. The Balaban J connectivity index is 2.23. The van der Waals surface area contributed by atoms with Crippen LogP contribution in [0.3, 0.4) is 0 Å². The van der Waals surface area contributed by atoms with Crippen LogP contribution in [0.2, 0.25) is 0 Å². The Morgan fingerprint density at radius 2 is 1.94 bits per heavy atom. The third-order valence-electron chi connectivity index (χ3n) is 2.55. The van der Waals surface area contributed by atoms with E-state index in [9.17, 15) is 0 Å². The number of aromatic nitrogens is 3. The summed E-state index contributed by atoms with van der Waals surface area (Å²) in [6.45, 7) is 0. The van der Waals surface area contributed by atoms with Gasteiger partial charge in [0.05, 0.1) is 5.56 Å². The lowest BCUT2D eigenvalue weighted by Gasteiger charge is -2.02. The molecule has 1 aromatic carbocycles. The molecule has 0 saturated heterocycles. The third kappa shape index (κ3) is 1.54. The number of rotatable bonds is 1. The van der Waals surface area contributed by atoms with Crippen LogP contribution < -0.4 is 0 Å². The van der Waals surface area contributed by atoms with Crippen molar-refractivity contribution in [3.05, 3.63) is 54.5 Å². The van der Waals surface area contributed by atoms with Crippen molar-refractivity contribution in [3.8, 4) is 11.8 Å². The van der Waals surface area contributed by atoms with Crippen molar-refractivity contribution < 1.29 is 0 Å². The van der Waals surface area contributed by atoms with Gasteiger partial charge in [-0.15, -0.1) is 0 Å². The van der Waals surface area contributed by atoms with Crippen molar-refractivity contribution in [2.24, 2.45) is 0 Å². The number of fused-ring (bicyclic) bond motifs is 1. The van der Waals surface area contributed by atoms with Crippen LogP contribution >= 0.6 is 0 Å². The molecule has 0 unspecified atom stereocenters. The molecular weight excluding hydrogens is 212 g/mol. The van der Waals surface area contributed by atoms with Gasteiger partial charge in [-0.25, -0.2) is 9.97 Å². The van der Waals surface area contributed by atoms with Gasteiger partial charge in [0.1, 0.15) is 17.9 Å². The van der Waals surface area contributed by atoms with Gasteiger partial charge in [-0.05, 0) is 18.2 Å². The first-order valence-corrected chi connectivity index (χ1v) is 5.17. The van der Waals surface area contributed by atoms with Gasteiger partial charge < -0.3 is 0 Å². The summed E-state index contributed by atoms with van der Waals surface area (Å²) < 4.78 is 1.90. The lowest BCUT2D eigenvalue weighted by atomic mass is 10.3. The number of pyridine rings is 1. The highest BCUT2D eigenvalue weighted by molar-refractivity contribution is 5.74. The average molecular weight is 220 g/mol. The van der Waals surface area contributed by atoms with E-state index in [4.69, 9.17) is 5.26 Å². The van der Waals surface area contributed by atoms with Crippen molar-refractivity contribution in [1.29, 1.82) is 5.26 Å². The van der Waals surface area contributed by atoms with Crippen molar-refractivity contribution in [2.45, 2.75) is 0 Å². The fourth-order valence-corrected chi connectivity index (χ4v) is 1.74. The molecule has 0 bridgehead atoms. The Bertz CT molecular complexity index is 707. The number of benzene rings is 1. The van der Waals surface area contributed by atoms with E-state index in [0.29, 0.717) is 5.56 Å². The van der Waals surface area contributed by atoms with E-state index < -0.39 is 0 Å². The predicted octanol–water partition coefficient (Wildman–Crippen LogP) is 2.29. The van der Waals surface area contributed by atoms with Gasteiger partial charge in [0, 0.05) is 11.9 Å². The highest BCUT2D eigenvalue weighted by atomic mass is 15.1. The van der Waals surface area contributed by atoms with Gasteiger partial charge in [-0.1, -0.05) is 18.2 Å². The second kappa shape index (κ2) is 3.72. The smallest absolute Gasteiger partial charge is 0.164 e. The number of hydrogen-bond donors (Lipinski definition) is 0. The molecule has 0 spiro atoms. The number of nitriles is 1. The fraction of sp³-hybridized carbons (Fsp3) is 0. The average Bonchev–Trinajstić information content (AvgIpc) is 2.82. The number of hydrogen-bond acceptors (Lipinski definition) is 3. The maximum atomic E-state index is 8.80. The molecule has 17 heavy (non-hydrogen) atoms. The lowest BCUT2D eigenvalue weighted by Crippen LogP contribution is -1.93. The molecule has 0 saturated carbocycles. The van der Waals surface area contributed by atoms with Crippen LogP contribution in [0.5, 0.6) is 0 Å². The molecule has 4 nitrogen and oxygen atoms in total. The van der Waals surface area contributed by atoms with E-state index in [0.717, 1.165) is 16.9 Å². The molecule has 0 amide bonds. The highest BCUT2D eigenvalue weighted by Gasteiger charge is 2.06. The summed E-state index contributed by atoms with van der Waals surface area (Å²) in [7, 11) is 0. The molecular formula is C13H8N4. The zero-order chi connectivity index (χ0) is 11.7. The molecule has 0 aliphatic heterocycles. The Morgan fingerprint density at radius 3 is 2.71 bits per heavy atom. The SMILES string of the molecule is N#Cc1cnc2c(c1)ncn2-c1ccccc1. The number of nitrogens with zero attached hydrogens (tertiary/aromatic N) is 4. The molecule has 0 aliphatic carbocycles. The van der Waals surface area contributed by atoms with Crippen molar-refractivity contribution >= 4 is 11.2 Å². The van der Waals surface area contributed by atoms with E-state index in [1.54, 1.807) is 18.6 Å². The van der Waals surface area contributed by atoms with Crippen molar-refractivity contribution in [1.82, 2.24) is 14.5 Å². The van der Waals surface area contributed by atoms with Crippen LogP contribution in [0, 0.1) is 11.3 Å². The van der Waals surface area contributed by atoms with E-state index >= 15 is 0 Å². The predicted molar refractivity (Wildman–Crippen MR) is 63.6 cm³/mol. The highest BCUT2D eigenvalue weighted by Crippen LogP contribution is 2.16. The lowest BCUT2D eigenvalue weighted by molar-refractivity contribution is 1.07. The quantitative estimate of drug-likeness (QED) is 0.632. The molecule has 3 rings (SSSR count). The second-order valence-corrected chi connectivity index (χ2v) is 3.63. The maximum Gasteiger partial charge on any atom is 0.164 e. The Morgan fingerprint density at radius 1 is 1.12 bits per heavy atom. The van der Waals surface area contributed by atoms with Gasteiger partial charge in [-0.3, -0.25) is 4.57 Å².